The summed E-state index contributed by atoms with van der Waals surface area (Å²) in [6, 6.07) is 9.26. The predicted molar refractivity (Wildman–Crippen MR) is 117 cm³/mol. The van der Waals surface area contributed by atoms with Crippen molar-refractivity contribution in [3.8, 4) is 5.75 Å². The molecule has 0 aliphatic carbocycles. The molecule has 154 valence electrons. The first-order chi connectivity index (χ1) is 14.4. The summed E-state index contributed by atoms with van der Waals surface area (Å²) in [5.41, 5.74) is 2.43. The zero-order valence-electron chi connectivity index (χ0n) is 16.3. The van der Waals surface area contributed by atoms with Gasteiger partial charge in [0, 0.05) is 10.2 Å². The van der Waals surface area contributed by atoms with E-state index in [2.05, 4.69) is 26.2 Å². The molecule has 1 aromatic heterocycles. The van der Waals surface area contributed by atoms with Crippen molar-refractivity contribution in [3.63, 3.8) is 0 Å². The average Bonchev–Trinajstić information content (AvgIpc) is 3.16. The molecule has 1 aliphatic rings. The number of nitrogens with zero attached hydrogens (tertiary/aromatic N) is 2. The SMILES string of the molecule is COC(=O)C1=C(C)NC(c2nc3ccc(OC)cc3s2)=NC1c1ccc(F)cc1Br. The topological polar surface area (TPSA) is 72.8 Å². The molecule has 1 unspecified atom stereocenters. The molecule has 2 heterocycles. The number of ether oxygens (including phenoxy) is 2. The van der Waals surface area contributed by atoms with Gasteiger partial charge in [-0.1, -0.05) is 22.0 Å². The molecule has 4 rings (SSSR count). The number of hydrogen-bond donors (Lipinski definition) is 1. The normalized spacial score (nSPS) is 16.3. The van der Waals surface area contributed by atoms with Crippen molar-refractivity contribution < 1.29 is 18.7 Å². The third-order valence-corrected chi connectivity index (χ3v) is 6.41. The minimum Gasteiger partial charge on any atom is -0.497 e. The highest BCUT2D eigenvalue weighted by atomic mass is 79.9. The van der Waals surface area contributed by atoms with Gasteiger partial charge in [0.2, 0.25) is 0 Å². The maximum Gasteiger partial charge on any atom is 0.338 e. The van der Waals surface area contributed by atoms with Crippen LogP contribution in [0.2, 0.25) is 0 Å². The van der Waals surface area contributed by atoms with Gasteiger partial charge >= 0.3 is 5.97 Å². The summed E-state index contributed by atoms with van der Waals surface area (Å²) < 4.78 is 25.4. The van der Waals surface area contributed by atoms with Crippen molar-refractivity contribution in [1.29, 1.82) is 0 Å². The lowest BCUT2D eigenvalue weighted by molar-refractivity contribution is -0.136. The number of aliphatic imine (C=N–C) groups is 1. The first kappa shape index (κ1) is 20.5. The van der Waals surface area contributed by atoms with Gasteiger partial charge in [0.25, 0.3) is 0 Å². The van der Waals surface area contributed by atoms with Gasteiger partial charge in [-0.3, -0.25) is 4.99 Å². The molecule has 30 heavy (non-hydrogen) atoms. The van der Waals surface area contributed by atoms with Crippen molar-refractivity contribution in [2.45, 2.75) is 13.0 Å². The number of thiazole rings is 1. The monoisotopic (exact) mass is 489 g/mol. The Morgan fingerprint density at radius 2 is 2.03 bits per heavy atom. The van der Waals surface area contributed by atoms with Crippen LogP contribution in [-0.4, -0.2) is 31.0 Å². The lowest BCUT2D eigenvalue weighted by Crippen LogP contribution is -2.32. The molecular weight excluding hydrogens is 473 g/mol. The van der Waals surface area contributed by atoms with Crippen LogP contribution < -0.4 is 10.1 Å². The Balaban J connectivity index is 1.83. The number of carbonyl (C=O) groups is 1. The molecule has 1 atom stereocenters. The van der Waals surface area contributed by atoms with Crippen molar-refractivity contribution in [2.24, 2.45) is 4.99 Å². The van der Waals surface area contributed by atoms with E-state index in [0.29, 0.717) is 32.1 Å². The molecule has 0 saturated heterocycles. The second kappa shape index (κ2) is 8.16. The first-order valence-electron chi connectivity index (χ1n) is 8.95. The number of nitrogens with one attached hydrogen (secondary N) is 1. The number of fused-ring (bicyclic) bond motifs is 1. The minimum absolute atomic E-state index is 0.358. The molecular formula is C21H17BrFN3O3S. The number of allylic oxidation sites excluding steroid dienone is 1. The highest BCUT2D eigenvalue weighted by Gasteiger charge is 2.32. The molecule has 2 aromatic carbocycles. The molecule has 0 saturated carbocycles. The summed E-state index contributed by atoms with van der Waals surface area (Å²) in [5, 5.41) is 3.85. The number of rotatable bonds is 4. The van der Waals surface area contributed by atoms with Crippen LogP contribution in [0.15, 0.2) is 57.1 Å². The third kappa shape index (κ3) is 3.70. The average molecular weight is 490 g/mol. The van der Waals surface area contributed by atoms with Crippen LogP contribution in [0.25, 0.3) is 10.2 Å². The van der Waals surface area contributed by atoms with E-state index >= 15 is 0 Å². The van der Waals surface area contributed by atoms with Crippen LogP contribution in [0.5, 0.6) is 5.75 Å². The zero-order valence-corrected chi connectivity index (χ0v) is 18.7. The molecule has 0 radical (unpaired) electrons. The fourth-order valence-electron chi connectivity index (χ4n) is 3.24. The standard InChI is InChI=1S/C21H17BrFN3O3S/c1-10-17(21(27)29-3)18(13-6-4-11(23)8-14(13)22)26-19(24-10)20-25-15-7-5-12(28-2)9-16(15)30-20/h4-9,18H,1-3H3,(H,24,26). The van der Waals surface area contributed by atoms with E-state index in [0.717, 1.165) is 16.0 Å². The van der Waals surface area contributed by atoms with E-state index in [1.54, 1.807) is 20.1 Å². The molecule has 0 fully saturated rings. The number of amidine groups is 1. The molecule has 0 bridgehead atoms. The number of carbonyl (C=O) groups excluding carboxylic acids is 1. The van der Waals surface area contributed by atoms with Crippen LogP contribution in [-0.2, 0) is 9.53 Å². The lowest BCUT2D eigenvalue weighted by Gasteiger charge is -2.25. The van der Waals surface area contributed by atoms with Crippen molar-refractivity contribution >= 4 is 49.3 Å². The Labute approximate surface area is 184 Å². The molecule has 1 N–H and O–H groups in total. The number of halogens is 2. The number of hydrogen-bond acceptors (Lipinski definition) is 7. The van der Waals surface area contributed by atoms with E-state index < -0.39 is 12.0 Å². The highest BCUT2D eigenvalue weighted by molar-refractivity contribution is 9.10. The second-order valence-electron chi connectivity index (χ2n) is 6.55. The van der Waals surface area contributed by atoms with Gasteiger partial charge < -0.3 is 14.8 Å². The van der Waals surface area contributed by atoms with E-state index in [1.807, 2.05) is 18.2 Å². The van der Waals surface area contributed by atoms with Crippen LogP contribution in [0, 0.1) is 5.82 Å². The summed E-state index contributed by atoms with van der Waals surface area (Å²) >= 11 is 4.85. The van der Waals surface area contributed by atoms with E-state index in [9.17, 15) is 9.18 Å². The second-order valence-corrected chi connectivity index (χ2v) is 8.44. The fourth-order valence-corrected chi connectivity index (χ4v) is 4.75. The summed E-state index contributed by atoms with van der Waals surface area (Å²) in [7, 11) is 2.93. The van der Waals surface area contributed by atoms with Crippen molar-refractivity contribution in [2.75, 3.05) is 14.2 Å². The predicted octanol–water partition coefficient (Wildman–Crippen LogP) is 4.74. The minimum atomic E-state index is -0.676. The van der Waals surface area contributed by atoms with Crippen LogP contribution in [0.1, 0.15) is 23.5 Å². The lowest BCUT2D eigenvalue weighted by atomic mass is 9.96. The molecule has 1 aliphatic heterocycles. The largest absolute Gasteiger partial charge is 0.497 e. The quantitative estimate of drug-likeness (QED) is 0.535. The third-order valence-electron chi connectivity index (χ3n) is 4.70. The Kier molecular flexibility index (Phi) is 5.57. The molecule has 9 heteroatoms. The Morgan fingerprint density at radius 1 is 1.23 bits per heavy atom. The van der Waals surface area contributed by atoms with Gasteiger partial charge in [-0.25, -0.2) is 14.2 Å². The van der Waals surface area contributed by atoms with Gasteiger partial charge in [-0.05, 0) is 42.8 Å². The van der Waals surface area contributed by atoms with Crippen LogP contribution in [0.3, 0.4) is 0 Å². The first-order valence-corrected chi connectivity index (χ1v) is 10.6. The van der Waals surface area contributed by atoms with Gasteiger partial charge in [-0.2, -0.15) is 0 Å². The number of aromatic nitrogens is 1. The van der Waals surface area contributed by atoms with Crippen LogP contribution in [0.4, 0.5) is 4.39 Å². The number of esters is 1. The zero-order chi connectivity index (χ0) is 21.4. The van der Waals surface area contributed by atoms with Crippen molar-refractivity contribution in [1.82, 2.24) is 10.3 Å². The van der Waals surface area contributed by atoms with E-state index in [1.165, 1.54) is 30.6 Å². The smallest absolute Gasteiger partial charge is 0.338 e. The number of methoxy groups -OCH3 is 2. The van der Waals surface area contributed by atoms with E-state index in [4.69, 9.17) is 14.5 Å². The number of benzene rings is 2. The van der Waals surface area contributed by atoms with Gasteiger partial charge in [0.15, 0.2) is 10.8 Å². The Hall–Kier alpha value is -2.78. The maximum absolute atomic E-state index is 13.6. The van der Waals surface area contributed by atoms with Gasteiger partial charge in [0.05, 0.1) is 30.0 Å². The molecule has 3 aromatic rings. The van der Waals surface area contributed by atoms with E-state index in [-0.39, 0.29) is 5.82 Å². The Bertz CT molecular complexity index is 1220. The fraction of sp³-hybridized carbons (Fsp3) is 0.190. The highest BCUT2D eigenvalue weighted by Crippen LogP contribution is 2.37. The molecule has 0 spiro atoms. The Morgan fingerprint density at radius 3 is 2.73 bits per heavy atom. The van der Waals surface area contributed by atoms with Crippen molar-refractivity contribution in [3.05, 3.63) is 68.5 Å². The maximum atomic E-state index is 13.6. The van der Waals surface area contributed by atoms with Gasteiger partial charge in [0.1, 0.15) is 17.6 Å². The summed E-state index contributed by atoms with van der Waals surface area (Å²) in [6.45, 7) is 1.78. The summed E-state index contributed by atoms with van der Waals surface area (Å²) in [4.78, 5) is 21.9. The molecule has 0 amide bonds. The summed E-state index contributed by atoms with van der Waals surface area (Å²) in [5.74, 6) is 0.386. The molecule has 6 nitrogen and oxygen atoms in total. The van der Waals surface area contributed by atoms with Gasteiger partial charge in [-0.15, -0.1) is 11.3 Å². The van der Waals surface area contributed by atoms with Crippen LogP contribution >= 0.6 is 27.3 Å². The summed E-state index contributed by atoms with van der Waals surface area (Å²) in [6.07, 6.45) is 0.